The van der Waals surface area contributed by atoms with Crippen molar-refractivity contribution in [3.05, 3.63) is 25.3 Å². The van der Waals surface area contributed by atoms with Crippen LogP contribution in [-0.2, 0) is 9.53 Å². The number of halogens is 1. The molecule has 0 heterocycles. The molecule has 0 aliphatic rings. The molecule has 0 aliphatic heterocycles. The topological polar surface area (TPSA) is 26.3 Å². The van der Waals surface area contributed by atoms with Gasteiger partial charge >= 0.3 is 5.97 Å². The van der Waals surface area contributed by atoms with Crippen LogP contribution in [-0.4, -0.2) is 36.8 Å². The first kappa shape index (κ1) is 16.6. The Labute approximate surface area is 98.4 Å². The van der Waals surface area contributed by atoms with Gasteiger partial charge in [0.05, 0.1) is 20.1 Å². The number of hydrogen-bond acceptors (Lipinski definition) is 2. The van der Waals surface area contributed by atoms with E-state index in [1.807, 2.05) is 20.0 Å². The Kier molecular flexibility index (Phi) is 8.30. The molecule has 0 N–H and O–H groups in total. The van der Waals surface area contributed by atoms with E-state index in [0.717, 1.165) is 13.1 Å². The summed E-state index contributed by atoms with van der Waals surface area (Å²) in [5.41, 5.74) is 0. The van der Waals surface area contributed by atoms with Crippen molar-refractivity contribution in [2.75, 3.05) is 20.1 Å². The summed E-state index contributed by atoms with van der Waals surface area (Å²) >= 11 is 0. The van der Waals surface area contributed by atoms with Crippen LogP contribution in [0.2, 0.25) is 0 Å². The molecule has 2 unspecified atom stereocenters. The smallest absolute Gasteiger partial charge is 0.334 e. The van der Waals surface area contributed by atoms with Crippen LogP contribution in [0.25, 0.3) is 0 Å². The maximum atomic E-state index is 11.0. The molecule has 0 saturated carbocycles. The zero-order chi connectivity index (χ0) is 11.2. The Hall–Kier alpha value is -0.800. The fourth-order valence-corrected chi connectivity index (χ4v) is 1.17. The third kappa shape index (κ3) is 5.00. The summed E-state index contributed by atoms with van der Waals surface area (Å²) in [6, 6.07) is 0. The van der Waals surface area contributed by atoms with Gasteiger partial charge in [0.25, 0.3) is 0 Å². The van der Waals surface area contributed by atoms with Gasteiger partial charge in [-0.3, -0.25) is 4.48 Å². The van der Waals surface area contributed by atoms with E-state index in [-0.39, 0.29) is 24.6 Å². The fraction of sp³-hybridized carbons (Fsp3) is 0.545. The maximum absolute atomic E-state index is 11.0. The molecule has 0 saturated heterocycles. The zero-order valence-electron chi connectivity index (χ0n) is 9.70. The molecular weight excluding hydrogens is 214 g/mol. The quantitative estimate of drug-likeness (QED) is 0.188. The first-order valence-electron chi connectivity index (χ1n) is 4.78. The molecule has 0 aromatic heterocycles. The van der Waals surface area contributed by atoms with E-state index in [4.69, 9.17) is 4.74 Å². The van der Waals surface area contributed by atoms with Crippen LogP contribution in [0.5, 0.6) is 0 Å². The Morgan fingerprint density at radius 2 is 2.07 bits per heavy atom. The van der Waals surface area contributed by atoms with Crippen molar-refractivity contribution >= 4 is 5.97 Å². The van der Waals surface area contributed by atoms with E-state index in [1.54, 1.807) is 0 Å². The number of carbonyl (C=O) groups is 1. The van der Waals surface area contributed by atoms with Gasteiger partial charge in [0.1, 0.15) is 0 Å². The number of ether oxygens (including phenoxy) is 1. The van der Waals surface area contributed by atoms with Crippen molar-refractivity contribution in [1.29, 1.82) is 0 Å². The lowest BCUT2D eigenvalue weighted by Crippen LogP contribution is -3.00. The van der Waals surface area contributed by atoms with Gasteiger partial charge < -0.3 is 17.1 Å². The number of quaternary nitrogens is 1. The number of hydrogen-bond donors (Lipinski definition) is 0. The third-order valence-electron chi connectivity index (χ3n) is 2.60. The predicted molar refractivity (Wildman–Crippen MR) is 57.5 cm³/mol. The summed E-state index contributed by atoms with van der Waals surface area (Å²) in [5.74, 6) is -0.376. The Bertz CT molecular complexity index is 231. The first-order valence-corrected chi connectivity index (χ1v) is 4.78. The highest BCUT2D eigenvalue weighted by molar-refractivity contribution is 5.81. The van der Waals surface area contributed by atoms with E-state index in [2.05, 4.69) is 20.1 Å². The molecule has 4 heteroatoms. The van der Waals surface area contributed by atoms with Crippen LogP contribution in [0, 0.1) is 0 Å². The Morgan fingerprint density at radius 3 is 2.40 bits per heavy atom. The van der Waals surface area contributed by atoms with E-state index in [0.29, 0.717) is 4.48 Å². The van der Waals surface area contributed by atoms with Crippen molar-refractivity contribution in [3.63, 3.8) is 0 Å². The molecule has 0 aliphatic carbocycles. The van der Waals surface area contributed by atoms with Crippen LogP contribution in [0.1, 0.15) is 13.8 Å². The summed E-state index contributed by atoms with van der Waals surface area (Å²) in [6.07, 6.45) is 2.84. The molecule has 0 radical (unpaired) electrons. The van der Waals surface area contributed by atoms with Gasteiger partial charge in [-0.15, -0.1) is 0 Å². The number of esters is 1. The van der Waals surface area contributed by atoms with Gasteiger partial charge in [0, 0.05) is 13.0 Å². The Morgan fingerprint density at radius 1 is 1.53 bits per heavy atom. The molecule has 0 aromatic rings. The van der Waals surface area contributed by atoms with Gasteiger partial charge in [-0.2, -0.15) is 0 Å². The average Bonchev–Trinajstić information content (AvgIpc) is 2.17. The lowest BCUT2D eigenvalue weighted by Gasteiger charge is -2.36. The summed E-state index contributed by atoms with van der Waals surface area (Å²) in [6.45, 7) is 12.7. The van der Waals surface area contributed by atoms with Crippen molar-refractivity contribution in [1.82, 2.24) is 0 Å². The fourth-order valence-electron chi connectivity index (χ4n) is 1.17. The molecule has 88 valence electrons. The van der Waals surface area contributed by atoms with E-state index < -0.39 is 0 Å². The number of nitrogens with zero attached hydrogens (tertiary/aromatic N) is 1. The second kappa shape index (κ2) is 7.49. The molecule has 0 fully saturated rings. The van der Waals surface area contributed by atoms with Gasteiger partial charge in [0.2, 0.25) is 6.23 Å². The highest BCUT2D eigenvalue weighted by Crippen LogP contribution is 2.11. The van der Waals surface area contributed by atoms with Gasteiger partial charge in [-0.05, 0) is 13.0 Å². The molecular formula is C11H20ClNO2. The van der Waals surface area contributed by atoms with Gasteiger partial charge in [-0.1, -0.05) is 13.2 Å². The number of likely N-dealkylation sites (N-methyl/N-ethyl adjacent to an activating group) is 1. The SMILES string of the molecule is C=CC[N+](C)(CC)C(C)OC(=O)C=C.[Cl-]. The molecule has 0 rings (SSSR count). The van der Waals surface area contributed by atoms with Crippen molar-refractivity contribution in [3.8, 4) is 0 Å². The lowest BCUT2D eigenvalue weighted by molar-refractivity contribution is -0.943. The van der Waals surface area contributed by atoms with Crippen LogP contribution < -0.4 is 12.4 Å². The average molecular weight is 234 g/mol. The van der Waals surface area contributed by atoms with Gasteiger partial charge in [-0.25, -0.2) is 4.79 Å². The monoisotopic (exact) mass is 233 g/mol. The predicted octanol–water partition coefficient (Wildman–Crippen LogP) is -1.28. The van der Waals surface area contributed by atoms with E-state index >= 15 is 0 Å². The molecule has 15 heavy (non-hydrogen) atoms. The van der Waals surface area contributed by atoms with Crippen molar-refractivity contribution < 1.29 is 26.4 Å². The standard InChI is InChI=1S/C11H20NO2.ClH/c1-6-9-12(5,8-3)10(4)14-11(13)7-2;/h6-7,10H,1-2,8-9H2,3-5H3;1H/q+1;/p-1. The van der Waals surface area contributed by atoms with Crippen LogP contribution in [0.15, 0.2) is 25.3 Å². The van der Waals surface area contributed by atoms with Crippen LogP contribution in [0.3, 0.4) is 0 Å². The van der Waals surface area contributed by atoms with Crippen molar-refractivity contribution in [2.45, 2.75) is 20.1 Å². The van der Waals surface area contributed by atoms with Crippen molar-refractivity contribution in [2.24, 2.45) is 0 Å². The van der Waals surface area contributed by atoms with Gasteiger partial charge in [0.15, 0.2) is 0 Å². The van der Waals surface area contributed by atoms with Crippen LogP contribution >= 0.6 is 0 Å². The highest BCUT2D eigenvalue weighted by atomic mass is 35.5. The lowest BCUT2D eigenvalue weighted by atomic mass is 10.3. The normalized spacial score (nSPS) is 15.4. The highest BCUT2D eigenvalue weighted by Gasteiger charge is 2.28. The molecule has 0 spiro atoms. The summed E-state index contributed by atoms with van der Waals surface area (Å²) in [4.78, 5) is 11.0. The summed E-state index contributed by atoms with van der Waals surface area (Å²) in [5, 5.41) is 0. The van der Waals surface area contributed by atoms with E-state index in [9.17, 15) is 4.79 Å². The first-order chi connectivity index (χ1) is 6.50. The second-order valence-electron chi connectivity index (χ2n) is 3.51. The molecule has 2 atom stereocenters. The molecule has 0 aromatic carbocycles. The van der Waals surface area contributed by atoms with E-state index in [1.165, 1.54) is 6.08 Å². The minimum atomic E-state index is -0.376. The Balaban J connectivity index is 0. The maximum Gasteiger partial charge on any atom is 0.334 e. The summed E-state index contributed by atoms with van der Waals surface area (Å²) < 4.78 is 5.82. The number of rotatable bonds is 6. The minimum absolute atomic E-state index is 0. The molecule has 0 amide bonds. The third-order valence-corrected chi connectivity index (χ3v) is 2.60. The zero-order valence-corrected chi connectivity index (χ0v) is 10.5. The summed E-state index contributed by atoms with van der Waals surface area (Å²) in [7, 11) is 2.03. The second-order valence-corrected chi connectivity index (χ2v) is 3.51. The number of carbonyl (C=O) groups excluding carboxylic acids is 1. The molecule has 3 nitrogen and oxygen atoms in total. The van der Waals surface area contributed by atoms with Crippen LogP contribution in [0.4, 0.5) is 0 Å². The minimum Gasteiger partial charge on any atom is -1.00 e. The molecule has 0 bridgehead atoms. The largest absolute Gasteiger partial charge is 1.00 e.